The van der Waals surface area contributed by atoms with Crippen LogP contribution in [0.1, 0.15) is 25.0 Å². The maximum absolute atomic E-state index is 6.45. The highest BCUT2D eigenvalue weighted by Crippen LogP contribution is 2.55. The smallest absolute Gasteiger partial charge is 0.136 e. The van der Waals surface area contributed by atoms with E-state index in [2.05, 4.69) is 207 Å². The van der Waals surface area contributed by atoms with Crippen LogP contribution in [0.3, 0.4) is 0 Å². The molecule has 0 fully saturated rings. The van der Waals surface area contributed by atoms with Crippen molar-refractivity contribution >= 4 is 60.5 Å². The number of furan rings is 1. The lowest BCUT2D eigenvalue weighted by atomic mass is 9.81. The van der Waals surface area contributed by atoms with Crippen molar-refractivity contribution in [3.8, 4) is 33.4 Å². The Morgan fingerprint density at radius 1 is 0.400 bits per heavy atom. The van der Waals surface area contributed by atoms with Gasteiger partial charge in [-0.25, -0.2) is 0 Å². The SMILES string of the molecule is CC1(C)c2ccccc2-c2cccc(N(c3cccc(-c4cccc5ccccc45)c3)c3ccccc3-c3ccc4oc5cc6ccccc6cc5c4c3)c21. The second-order valence-electron chi connectivity index (χ2n) is 15.3. The summed E-state index contributed by atoms with van der Waals surface area (Å²) in [4.78, 5) is 2.50. The fourth-order valence-corrected chi connectivity index (χ4v) is 9.25. The van der Waals surface area contributed by atoms with E-state index in [0.29, 0.717) is 0 Å². The zero-order chi connectivity index (χ0) is 36.7. The standard InChI is InChI=1S/C53H37NO/c1-53(2)47-25-9-7-22-43(47)44-24-13-27-49(52(44)53)54(39-19-11-18-37(30-39)41-23-12-17-34-14-5-6-20-40(34)41)48-26-10-8-21-42(48)38-28-29-50-45(32-38)46-31-35-15-3-4-16-36(35)33-51(46)55-50/h3-33H,1-2H3. The van der Waals surface area contributed by atoms with E-state index in [0.717, 1.165) is 44.4 Å². The summed E-state index contributed by atoms with van der Waals surface area (Å²) in [5, 5.41) is 7.13. The van der Waals surface area contributed by atoms with E-state index in [1.807, 2.05) is 0 Å². The van der Waals surface area contributed by atoms with Crippen molar-refractivity contribution < 1.29 is 4.42 Å². The van der Waals surface area contributed by atoms with Gasteiger partial charge in [-0.15, -0.1) is 0 Å². The highest BCUT2D eigenvalue weighted by molar-refractivity contribution is 6.11. The van der Waals surface area contributed by atoms with E-state index in [1.165, 1.54) is 60.6 Å². The van der Waals surface area contributed by atoms with E-state index in [1.54, 1.807) is 0 Å². The summed E-state index contributed by atoms with van der Waals surface area (Å²) >= 11 is 0. The summed E-state index contributed by atoms with van der Waals surface area (Å²) < 4.78 is 6.45. The first-order valence-electron chi connectivity index (χ1n) is 19.1. The first-order chi connectivity index (χ1) is 27.0. The summed E-state index contributed by atoms with van der Waals surface area (Å²) in [5.74, 6) is 0. The highest BCUT2D eigenvalue weighted by Gasteiger charge is 2.39. The molecule has 0 atom stereocenters. The van der Waals surface area contributed by atoms with Crippen LogP contribution < -0.4 is 4.90 Å². The van der Waals surface area contributed by atoms with Crippen molar-refractivity contribution in [3.05, 3.63) is 199 Å². The van der Waals surface area contributed by atoms with E-state index in [9.17, 15) is 0 Å². The van der Waals surface area contributed by atoms with Gasteiger partial charge >= 0.3 is 0 Å². The van der Waals surface area contributed by atoms with Crippen molar-refractivity contribution in [2.24, 2.45) is 0 Å². The maximum atomic E-state index is 6.45. The van der Waals surface area contributed by atoms with Crippen LogP contribution in [0.25, 0.3) is 76.9 Å². The molecular formula is C53H37NO. The van der Waals surface area contributed by atoms with E-state index in [-0.39, 0.29) is 5.41 Å². The molecule has 0 radical (unpaired) electrons. The van der Waals surface area contributed by atoms with Crippen LogP contribution in [-0.2, 0) is 5.41 Å². The number of anilines is 3. The minimum absolute atomic E-state index is 0.208. The van der Waals surface area contributed by atoms with Crippen LogP contribution in [0.2, 0.25) is 0 Å². The summed E-state index contributed by atoms with van der Waals surface area (Å²) in [6.07, 6.45) is 0. The van der Waals surface area contributed by atoms with Gasteiger partial charge in [-0.3, -0.25) is 0 Å². The Hall–Kier alpha value is -6.90. The summed E-state index contributed by atoms with van der Waals surface area (Å²) in [6, 6.07) is 68.6. The van der Waals surface area contributed by atoms with Crippen LogP contribution in [0.4, 0.5) is 17.1 Å². The Morgan fingerprint density at radius 2 is 1.02 bits per heavy atom. The molecule has 9 aromatic carbocycles. The van der Waals surface area contributed by atoms with Crippen LogP contribution in [0.5, 0.6) is 0 Å². The number of hydrogen-bond acceptors (Lipinski definition) is 2. The third-order valence-corrected chi connectivity index (χ3v) is 11.8. The molecular weight excluding hydrogens is 667 g/mol. The zero-order valence-electron chi connectivity index (χ0n) is 30.8. The van der Waals surface area contributed by atoms with Crippen LogP contribution in [0, 0.1) is 0 Å². The predicted molar refractivity (Wildman–Crippen MR) is 232 cm³/mol. The lowest BCUT2D eigenvalue weighted by molar-refractivity contribution is 0.661. The highest BCUT2D eigenvalue weighted by atomic mass is 16.3. The Kier molecular flexibility index (Phi) is 6.93. The average Bonchev–Trinajstić information content (AvgIpc) is 3.70. The second kappa shape index (κ2) is 12.1. The molecule has 1 aliphatic carbocycles. The third-order valence-electron chi connectivity index (χ3n) is 11.8. The first-order valence-corrected chi connectivity index (χ1v) is 19.1. The average molecular weight is 704 g/mol. The Balaban J connectivity index is 1.16. The maximum Gasteiger partial charge on any atom is 0.136 e. The number of benzene rings is 9. The molecule has 11 rings (SSSR count). The molecule has 1 heterocycles. The van der Waals surface area contributed by atoms with Gasteiger partial charge in [-0.2, -0.15) is 0 Å². The molecule has 0 spiro atoms. The van der Waals surface area contributed by atoms with Crippen molar-refractivity contribution in [2.45, 2.75) is 19.3 Å². The predicted octanol–water partition coefficient (Wildman–Crippen LogP) is 15.0. The molecule has 0 saturated heterocycles. The molecule has 260 valence electrons. The lowest BCUT2D eigenvalue weighted by Crippen LogP contribution is -2.21. The summed E-state index contributed by atoms with van der Waals surface area (Å²) in [6.45, 7) is 4.75. The molecule has 10 aromatic rings. The van der Waals surface area contributed by atoms with E-state index in [4.69, 9.17) is 4.42 Å². The van der Waals surface area contributed by atoms with Crippen LogP contribution in [-0.4, -0.2) is 0 Å². The lowest BCUT2D eigenvalue weighted by Gasteiger charge is -2.33. The normalized spacial score (nSPS) is 13.1. The monoisotopic (exact) mass is 703 g/mol. The molecule has 0 saturated carbocycles. The molecule has 1 aliphatic rings. The molecule has 0 bridgehead atoms. The minimum atomic E-state index is -0.208. The third kappa shape index (κ3) is 4.88. The summed E-state index contributed by atoms with van der Waals surface area (Å²) in [5.41, 5.74) is 15.0. The van der Waals surface area contributed by atoms with Gasteiger partial charge in [-0.1, -0.05) is 153 Å². The van der Waals surface area contributed by atoms with E-state index >= 15 is 0 Å². The number of rotatable bonds is 5. The molecule has 0 N–H and O–H groups in total. The Labute approximate surface area is 320 Å². The Morgan fingerprint density at radius 3 is 1.91 bits per heavy atom. The molecule has 0 aliphatic heterocycles. The van der Waals surface area contributed by atoms with Gasteiger partial charge in [0, 0.05) is 27.4 Å². The Bertz CT molecular complexity index is 3140. The van der Waals surface area contributed by atoms with Gasteiger partial charge < -0.3 is 9.32 Å². The molecule has 2 heteroatoms. The first kappa shape index (κ1) is 31.6. The molecule has 0 amide bonds. The van der Waals surface area contributed by atoms with Gasteiger partial charge in [0.25, 0.3) is 0 Å². The van der Waals surface area contributed by atoms with Crippen molar-refractivity contribution in [3.63, 3.8) is 0 Å². The fourth-order valence-electron chi connectivity index (χ4n) is 9.25. The van der Waals surface area contributed by atoms with Crippen LogP contribution >= 0.6 is 0 Å². The second-order valence-corrected chi connectivity index (χ2v) is 15.3. The van der Waals surface area contributed by atoms with Gasteiger partial charge in [0.1, 0.15) is 11.2 Å². The van der Waals surface area contributed by atoms with Gasteiger partial charge in [0.15, 0.2) is 0 Å². The topological polar surface area (TPSA) is 16.4 Å². The zero-order valence-corrected chi connectivity index (χ0v) is 30.8. The largest absolute Gasteiger partial charge is 0.456 e. The number of para-hydroxylation sites is 1. The molecule has 55 heavy (non-hydrogen) atoms. The van der Waals surface area contributed by atoms with E-state index < -0.39 is 0 Å². The summed E-state index contributed by atoms with van der Waals surface area (Å²) in [7, 11) is 0. The van der Waals surface area contributed by atoms with Crippen molar-refractivity contribution in [2.75, 3.05) is 4.90 Å². The van der Waals surface area contributed by atoms with Crippen molar-refractivity contribution in [1.29, 1.82) is 0 Å². The number of nitrogens with zero attached hydrogens (tertiary/aromatic N) is 1. The van der Waals surface area contributed by atoms with Gasteiger partial charge in [0.05, 0.1) is 11.4 Å². The van der Waals surface area contributed by atoms with Crippen LogP contribution in [0.15, 0.2) is 192 Å². The van der Waals surface area contributed by atoms with Gasteiger partial charge in [-0.05, 0) is 109 Å². The number of hydrogen-bond donors (Lipinski definition) is 0. The quantitative estimate of drug-likeness (QED) is 0.177. The minimum Gasteiger partial charge on any atom is -0.456 e. The number of fused-ring (bicyclic) bond motifs is 8. The molecule has 0 unspecified atom stereocenters. The van der Waals surface area contributed by atoms with Gasteiger partial charge in [0.2, 0.25) is 0 Å². The molecule has 1 aromatic heterocycles. The van der Waals surface area contributed by atoms with Crippen molar-refractivity contribution in [1.82, 2.24) is 0 Å². The fraction of sp³-hybridized carbons (Fsp3) is 0.0566. The molecule has 2 nitrogen and oxygen atoms in total.